The molecule has 1 aliphatic rings. The van der Waals surface area contributed by atoms with Crippen LogP contribution >= 0.6 is 33.9 Å². The van der Waals surface area contributed by atoms with Gasteiger partial charge in [-0.25, -0.2) is 9.78 Å². The van der Waals surface area contributed by atoms with Gasteiger partial charge in [-0.15, -0.1) is 11.3 Å². The number of rotatable bonds is 7. The van der Waals surface area contributed by atoms with E-state index < -0.39 is 5.60 Å². The van der Waals surface area contributed by atoms with E-state index in [0.29, 0.717) is 13.1 Å². The molecule has 142 valence electrons. The van der Waals surface area contributed by atoms with Gasteiger partial charge >= 0.3 is 6.09 Å². The Hall–Kier alpha value is -0.450. The lowest BCUT2D eigenvalue weighted by Crippen LogP contribution is -2.43. The summed E-state index contributed by atoms with van der Waals surface area (Å²) >= 11 is 4.01. The lowest BCUT2D eigenvalue weighted by Gasteiger charge is -2.33. The van der Waals surface area contributed by atoms with Crippen molar-refractivity contribution in [2.24, 2.45) is 0 Å². The second-order valence-corrected chi connectivity index (χ2v) is 10.1. The average molecular weight is 481 g/mol. The van der Waals surface area contributed by atoms with Crippen LogP contribution < -0.4 is 5.32 Å². The lowest BCUT2D eigenvalue weighted by molar-refractivity contribution is -0.0117. The number of carbonyl (C=O) groups is 1. The molecular formula is C17H28IN3O3S. The van der Waals surface area contributed by atoms with Crippen LogP contribution in [0.1, 0.15) is 45.0 Å². The number of carbonyl (C=O) groups excluding carboxylic acids is 1. The SMILES string of the molecule is CC(C)(C)OC(=O)N1CCC(OCCCNCc2ncc(I)s2)CC1. The summed E-state index contributed by atoms with van der Waals surface area (Å²) in [6.07, 6.45) is 4.67. The van der Waals surface area contributed by atoms with Crippen molar-refractivity contribution >= 4 is 40.0 Å². The number of halogens is 1. The van der Waals surface area contributed by atoms with Gasteiger partial charge in [-0.3, -0.25) is 0 Å². The van der Waals surface area contributed by atoms with E-state index in [1.165, 1.54) is 2.88 Å². The molecule has 0 spiro atoms. The number of nitrogens with zero attached hydrogens (tertiary/aromatic N) is 2. The van der Waals surface area contributed by atoms with Gasteiger partial charge in [-0.2, -0.15) is 0 Å². The Morgan fingerprint density at radius 1 is 1.44 bits per heavy atom. The first-order chi connectivity index (χ1) is 11.8. The minimum atomic E-state index is -0.436. The largest absolute Gasteiger partial charge is 0.444 e. The zero-order chi connectivity index (χ0) is 18.3. The maximum atomic E-state index is 12.0. The molecule has 0 aromatic carbocycles. The van der Waals surface area contributed by atoms with E-state index in [4.69, 9.17) is 9.47 Å². The minimum Gasteiger partial charge on any atom is -0.444 e. The zero-order valence-electron chi connectivity index (χ0n) is 15.2. The second kappa shape index (κ2) is 10.0. The molecule has 1 aromatic rings. The molecule has 8 heteroatoms. The number of hydrogen-bond acceptors (Lipinski definition) is 6. The topological polar surface area (TPSA) is 63.7 Å². The third kappa shape index (κ3) is 8.19. The maximum absolute atomic E-state index is 12.0. The number of ether oxygens (including phenoxy) is 2. The van der Waals surface area contributed by atoms with E-state index in [9.17, 15) is 4.79 Å². The van der Waals surface area contributed by atoms with Crippen LogP contribution in [0.5, 0.6) is 0 Å². The molecule has 2 heterocycles. The third-order valence-corrected chi connectivity index (χ3v) is 5.47. The van der Waals surface area contributed by atoms with Crippen molar-refractivity contribution < 1.29 is 14.3 Å². The Kier molecular flexibility index (Phi) is 8.37. The Bertz CT molecular complexity index is 539. The second-order valence-electron chi connectivity index (χ2n) is 7.13. The Morgan fingerprint density at radius 2 is 2.16 bits per heavy atom. The van der Waals surface area contributed by atoms with E-state index in [1.54, 1.807) is 16.2 Å². The highest BCUT2D eigenvalue weighted by molar-refractivity contribution is 14.1. The predicted molar refractivity (Wildman–Crippen MR) is 108 cm³/mol. The van der Waals surface area contributed by atoms with Gasteiger partial charge < -0.3 is 19.7 Å². The van der Waals surface area contributed by atoms with Gasteiger partial charge in [0.15, 0.2) is 0 Å². The van der Waals surface area contributed by atoms with Crippen LogP contribution in [0.4, 0.5) is 4.79 Å². The summed E-state index contributed by atoms with van der Waals surface area (Å²) < 4.78 is 12.6. The number of piperidine rings is 1. The average Bonchev–Trinajstić information content (AvgIpc) is 2.95. The highest BCUT2D eigenvalue weighted by Crippen LogP contribution is 2.17. The first kappa shape index (κ1) is 20.9. The number of thiazole rings is 1. The summed E-state index contributed by atoms with van der Waals surface area (Å²) in [5.41, 5.74) is -0.436. The van der Waals surface area contributed by atoms with Gasteiger partial charge in [-0.1, -0.05) is 0 Å². The number of nitrogens with one attached hydrogen (secondary N) is 1. The lowest BCUT2D eigenvalue weighted by atomic mass is 10.1. The normalized spacial score (nSPS) is 16.2. The van der Waals surface area contributed by atoms with Crippen molar-refractivity contribution in [1.82, 2.24) is 15.2 Å². The van der Waals surface area contributed by atoms with Crippen LogP contribution in [0.15, 0.2) is 6.20 Å². The highest BCUT2D eigenvalue weighted by atomic mass is 127. The Labute approximate surface area is 167 Å². The van der Waals surface area contributed by atoms with Gasteiger partial charge in [0.25, 0.3) is 0 Å². The molecule has 0 bridgehead atoms. The molecule has 1 aliphatic heterocycles. The first-order valence-electron chi connectivity index (χ1n) is 8.74. The summed E-state index contributed by atoms with van der Waals surface area (Å²) in [5.74, 6) is 0. The molecule has 0 atom stereocenters. The van der Waals surface area contributed by atoms with Gasteiger partial charge in [0.05, 0.1) is 15.2 Å². The standard InChI is InChI=1S/C17H28IN3O3S/c1-17(2,3)24-16(22)21-8-5-13(6-9-21)23-10-4-7-19-12-15-20-11-14(18)25-15/h11,13,19H,4-10,12H2,1-3H3. The number of likely N-dealkylation sites (tertiary alicyclic amines) is 1. The maximum Gasteiger partial charge on any atom is 0.410 e. The molecule has 1 fully saturated rings. The highest BCUT2D eigenvalue weighted by Gasteiger charge is 2.26. The fourth-order valence-electron chi connectivity index (χ4n) is 2.54. The van der Waals surface area contributed by atoms with Crippen molar-refractivity contribution in [1.29, 1.82) is 0 Å². The monoisotopic (exact) mass is 481 g/mol. The molecular weight excluding hydrogens is 453 g/mol. The minimum absolute atomic E-state index is 0.216. The quantitative estimate of drug-likeness (QED) is 0.476. The summed E-state index contributed by atoms with van der Waals surface area (Å²) in [7, 11) is 0. The van der Waals surface area contributed by atoms with E-state index in [-0.39, 0.29) is 12.2 Å². The summed E-state index contributed by atoms with van der Waals surface area (Å²) in [6, 6.07) is 0. The molecule has 2 rings (SSSR count). The molecule has 1 amide bonds. The van der Waals surface area contributed by atoms with Crippen LogP contribution in [0.25, 0.3) is 0 Å². The van der Waals surface area contributed by atoms with Crippen LogP contribution in [-0.2, 0) is 16.0 Å². The van der Waals surface area contributed by atoms with Crippen molar-refractivity contribution in [2.45, 2.75) is 58.3 Å². The van der Waals surface area contributed by atoms with Crippen molar-refractivity contribution in [2.75, 3.05) is 26.2 Å². The summed E-state index contributed by atoms with van der Waals surface area (Å²) in [4.78, 5) is 18.1. The van der Waals surface area contributed by atoms with Gasteiger partial charge in [0, 0.05) is 26.2 Å². The number of amides is 1. The molecule has 6 nitrogen and oxygen atoms in total. The van der Waals surface area contributed by atoms with Gasteiger partial charge in [-0.05, 0) is 69.2 Å². The van der Waals surface area contributed by atoms with Crippen molar-refractivity contribution in [3.05, 3.63) is 14.1 Å². The molecule has 0 aliphatic carbocycles. The fourth-order valence-corrected chi connectivity index (χ4v) is 4.06. The van der Waals surface area contributed by atoms with E-state index in [0.717, 1.165) is 44.0 Å². The summed E-state index contributed by atoms with van der Waals surface area (Å²) in [6.45, 7) is 9.59. The first-order valence-corrected chi connectivity index (χ1v) is 10.6. The molecule has 0 radical (unpaired) electrons. The van der Waals surface area contributed by atoms with Crippen LogP contribution in [0.2, 0.25) is 0 Å². The van der Waals surface area contributed by atoms with Crippen LogP contribution in [0, 0.1) is 2.88 Å². The molecule has 1 saturated heterocycles. The molecule has 1 N–H and O–H groups in total. The predicted octanol–water partition coefficient (Wildman–Crippen LogP) is 3.64. The third-order valence-electron chi connectivity index (χ3n) is 3.75. The smallest absolute Gasteiger partial charge is 0.410 e. The van der Waals surface area contributed by atoms with Gasteiger partial charge in [0.1, 0.15) is 10.6 Å². The van der Waals surface area contributed by atoms with E-state index in [2.05, 4.69) is 32.9 Å². The summed E-state index contributed by atoms with van der Waals surface area (Å²) in [5, 5.41) is 4.52. The molecule has 25 heavy (non-hydrogen) atoms. The Balaban J connectivity index is 1.51. The van der Waals surface area contributed by atoms with Crippen molar-refractivity contribution in [3.63, 3.8) is 0 Å². The fraction of sp³-hybridized carbons (Fsp3) is 0.765. The zero-order valence-corrected chi connectivity index (χ0v) is 18.2. The van der Waals surface area contributed by atoms with Gasteiger partial charge in [0.2, 0.25) is 0 Å². The number of hydrogen-bond donors (Lipinski definition) is 1. The van der Waals surface area contributed by atoms with E-state index in [1.807, 2.05) is 27.0 Å². The van der Waals surface area contributed by atoms with Crippen LogP contribution in [0.3, 0.4) is 0 Å². The Morgan fingerprint density at radius 3 is 2.76 bits per heavy atom. The molecule has 0 unspecified atom stereocenters. The number of aromatic nitrogens is 1. The van der Waals surface area contributed by atoms with E-state index >= 15 is 0 Å². The molecule has 1 aromatic heterocycles. The van der Waals surface area contributed by atoms with Crippen LogP contribution in [-0.4, -0.2) is 53.9 Å². The molecule has 0 saturated carbocycles. The van der Waals surface area contributed by atoms with Crippen molar-refractivity contribution in [3.8, 4) is 0 Å².